The maximum Gasteiger partial charge on any atom is 0.254 e. The third-order valence-corrected chi connectivity index (χ3v) is 4.82. The zero-order chi connectivity index (χ0) is 19.2. The number of hydrogen-bond donors (Lipinski definition) is 1. The molecule has 0 aromatic heterocycles. The first-order valence-electron chi connectivity index (χ1n) is 8.80. The molecule has 2 aromatic carbocycles. The predicted molar refractivity (Wildman–Crippen MR) is 102 cm³/mol. The number of benzene rings is 2. The van der Waals surface area contributed by atoms with Crippen molar-refractivity contribution in [3.63, 3.8) is 0 Å². The van der Waals surface area contributed by atoms with E-state index in [9.17, 15) is 14.0 Å². The van der Waals surface area contributed by atoms with Gasteiger partial charge in [-0.05, 0) is 29.8 Å². The molecule has 0 radical (unpaired) electrons. The van der Waals surface area contributed by atoms with E-state index in [1.807, 2.05) is 24.3 Å². The molecule has 1 N–H and O–H groups in total. The van der Waals surface area contributed by atoms with Crippen molar-refractivity contribution in [1.29, 1.82) is 0 Å². The maximum absolute atomic E-state index is 13.6. The highest BCUT2D eigenvalue weighted by Gasteiger charge is 2.22. The van der Waals surface area contributed by atoms with Crippen molar-refractivity contribution in [3.05, 3.63) is 70.5 Å². The third-order valence-electron chi connectivity index (χ3n) is 4.56. The number of nitrogens with zero attached hydrogens (tertiary/aromatic N) is 2. The second-order valence-electron chi connectivity index (χ2n) is 6.45. The summed E-state index contributed by atoms with van der Waals surface area (Å²) in [5, 5.41) is 3.21. The lowest BCUT2D eigenvalue weighted by Gasteiger charge is -2.34. The van der Waals surface area contributed by atoms with Gasteiger partial charge in [-0.3, -0.25) is 14.5 Å². The fourth-order valence-corrected chi connectivity index (χ4v) is 3.14. The van der Waals surface area contributed by atoms with Crippen LogP contribution in [-0.4, -0.2) is 54.3 Å². The molecule has 1 saturated heterocycles. The SMILES string of the molecule is O=C(NCC(=O)N1CCN(Cc2ccc(Cl)cc2)CC1)c1ccccc1F. The quantitative estimate of drug-likeness (QED) is 0.855. The molecule has 0 unspecified atom stereocenters. The monoisotopic (exact) mass is 389 g/mol. The normalized spacial score (nSPS) is 14.8. The van der Waals surface area contributed by atoms with E-state index >= 15 is 0 Å². The highest BCUT2D eigenvalue weighted by molar-refractivity contribution is 6.30. The Hall–Kier alpha value is -2.44. The molecule has 2 amide bonds. The maximum atomic E-state index is 13.6. The van der Waals surface area contributed by atoms with Gasteiger partial charge < -0.3 is 10.2 Å². The molecule has 2 aromatic rings. The lowest BCUT2D eigenvalue weighted by molar-refractivity contribution is -0.131. The number of hydrogen-bond acceptors (Lipinski definition) is 3. The molecule has 1 aliphatic rings. The van der Waals surface area contributed by atoms with Crippen LogP contribution in [0.5, 0.6) is 0 Å². The number of piperazine rings is 1. The van der Waals surface area contributed by atoms with Crippen LogP contribution in [0, 0.1) is 5.82 Å². The Morgan fingerprint density at radius 1 is 1.00 bits per heavy atom. The van der Waals surface area contributed by atoms with Crippen LogP contribution in [0.3, 0.4) is 0 Å². The lowest BCUT2D eigenvalue weighted by atomic mass is 10.2. The van der Waals surface area contributed by atoms with Crippen LogP contribution in [0.4, 0.5) is 4.39 Å². The van der Waals surface area contributed by atoms with Gasteiger partial charge in [-0.15, -0.1) is 0 Å². The third kappa shape index (κ3) is 5.28. The van der Waals surface area contributed by atoms with Crippen LogP contribution in [0.1, 0.15) is 15.9 Å². The Kier molecular flexibility index (Phi) is 6.42. The number of halogens is 2. The molecule has 0 atom stereocenters. The zero-order valence-corrected chi connectivity index (χ0v) is 15.6. The van der Waals surface area contributed by atoms with Crippen molar-refractivity contribution in [3.8, 4) is 0 Å². The van der Waals surface area contributed by atoms with Crippen LogP contribution in [-0.2, 0) is 11.3 Å². The van der Waals surface area contributed by atoms with E-state index in [4.69, 9.17) is 11.6 Å². The Morgan fingerprint density at radius 3 is 2.33 bits per heavy atom. The molecule has 7 heteroatoms. The highest BCUT2D eigenvalue weighted by Crippen LogP contribution is 2.13. The summed E-state index contributed by atoms with van der Waals surface area (Å²) in [7, 11) is 0. The van der Waals surface area contributed by atoms with Gasteiger partial charge in [0, 0.05) is 37.7 Å². The van der Waals surface area contributed by atoms with Gasteiger partial charge in [0.25, 0.3) is 5.91 Å². The van der Waals surface area contributed by atoms with Crippen LogP contribution >= 0.6 is 11.6 Å². The number of carbonyl (C=O) groups excluding carboxylic acids is 2. The molecule has 27 heavy (non-hydrogen) atoms. The van der Waals surface area contributed by atoms with Crippen LogP contribution in [0.15, 0.2) is 48.5 Å². The fourth-order valence-electron chi connectivity index (χ4n) is 3.01. The molecule has 1 fully saturated rings. The van der Waals surface area contributed by atoms with E-state index in [0.717, 1.165) is 19.6 Å². The van der Waals surface area contributed by atoms with Gasteiger partial charge in [-0.2, -0.15) is 0 Å². The average Bonchev–Trinajstić information content (AvgIpc) is 2.68. The van der Waals surface area contributed by atoms with Crippen molar-refractivity contribution in [2.75, 3.05) is 32.7 Å². The molecule has 0 saturated carbocycles. The van der Waals surface area contributed by atoms with Crippen LogP contribution < -0.4 is 5.32 Å². The lowest BCUT2D eigenvalue weighted by Crippen LogP contribution is -2.50. The largest absolute Gasteiger partial charge is 0.343 e. The summed E-state index contributed by atoms with van der Waals surface area (Å²) in [4.78, 5) is 28.3. The van der Waals surface area contributed by atoms with Gasteiger partial charge in [-0.25, -0.2) is 4.39 Å². The Bertz CT molecular complexity index is 805. The fraction of sp³-hybridized carbons (Fsp3) is 0.300. The second kappa shape index (κ2) is 8.97. The van der Waals surface area contributed by atoms with E-state index in [1.165, 1.54) is 23.8 Å². The number of nitrogens with one attached hydrogen (secondary N) is 1. The molecular formula is C20H21ClFN3O2. The van der Waals surface area contributed by atoms with E-state index in [2.05, 4.69) is 10.2 Å². The predicted octanol–water partition coefficient (Wildman–Crippen LogP) is 2.55. The van der Waals surface area contributed by atoms with E-state index in [0.29, 0.717) is 18.1 Å². The van der Waals surface area contributed by atoms with Crippen molar-refractivity contribution < 1.29 is 14.0 Å². The standard InChI is InChI=1S/C20H21ClFN3O2/c21-16-7-5-15(6-8-16)14-24-9-11-25(12-10-24)19(26)13-23-20(27)17-3-1-2-4-18(17)22/h1-8H,9-14H2,(H,23,27). The van der Waals surface area contributed by atoms with Crippen LogP contribution in [0.2, 0.25) is 5.02 Å². The number of rotatable bonds is 5. The molecule has 0 bridgehead atoms. The molecule has 3 rings (SSSR count). The van der Waals surface area contributed by atoms with E-state index < -0.39 is 11.7 Å². The number of amides is 2. The first-order chi connectivity index (χ1) is 13.0. The van der Waals surface area contributed by atoms with Crippen molar-refractivity contribution in [2.45, 2.75) is 6.54 Å². The summed E-state index contributed by atoms with van der Waals surface area (Å²) in [6.07, 6.45) is 0. The molecule has 1 aliphatic heterocycles. The van der Waals surface area contributed by atoms with E-state index in [1.54, 1.807) is 11.0 Å². The minimum absolute atomic E-state index is 0.0573. The highest BCUT2D eigenvalue weighted by atomic mass is 35.5. The average molecular weight is 390 g/mol. The topological polar surface area (TPSA) is 52.7 Å². The Morgan fingerprint density at radius 2 is 1.67 bits per heavy atom. The molecule has 142 valence electrons. The van der Waals surface area contributed by atoms with Crippen molar-refractivity contribution in [2.24, 2.45) is 0 Å². The first-order valence-corrected chi connectivity index (χ1v) is 9.18. The summed E-state index contributed by atoms with van der Waals surface area (Å²) in [6, 6.07) is 13.4. The van der Waals surface area contributed by atoms with Crippen LogP contribution in [0.25, 0.3) is 0 Å². The summed E-state index contributed by atoms with van der Waals surface area (Å²) in [5.74, 6) is -1.34. The molecule has 5 nitrogen and oxygen atoms in total. The van der Waals surface area contributed by atoms with Gasteiger partial charge in [0.1, 0.15) is 5.82 Å². The smallest absolute Gasteiger partial charge is 0.254 e. The minimum atomic E-state index is -0.599. The molecule has 0 aliphatic carbocycles. The first kappa shape index (κ1) is 19.3. The van der Waals surface area contributed by atoms with Gasteiger partial charge in [0.15, 0.2) is 0 Å². The second-order valence-corrected chi connectivity index (χ2v) is 6.88. The minimum Gasteiger partial charge on any atom is -0.343 e. The van der Waals surface area contributed by atoms with Crippen molar-refractivity contribution in [1.82, 2.24) is 15.1 Å². The summed E-state index contributed by atoms with van der Waals surface area (Å²) in [6.45, 7) is 3.39. The number of carbonyl (C=O) groups is 2. The van der Waals surface area contributed by atoms with Gasteiger partial charge in [-0.1, -0.05) is 35.9 Å². The summed E-state index contributed by atoms with van der Waals surface area (Å²) >= 11 is 5.90. The summed E-state index contributed by atoms with van der Waals surface area (Å²) in [5.41, 5.74) is 1.12. The van der Waals surface area contributed by atoms with Crippen molar-refractivity contribution >= 4 is 23.4 Å². The van der Waals surface area contributed by atoms with Gasteiger partial charge in [0.05, 0.1) is 12.1 Å². The van der Waals surface area contributed by atoms with E-state index in [-0.39, 0.29) is 18.0 Å². The molecule has 0 spiro atoms. The Labute approximate surface area is 162 Å². The summed E-state index contributed by atoms with van der Waals surface area (Å²) < 4.78 is 13.6. The molecule has 1 heterocycles. The zero-order valence-electron chi connectivity index (χ0n) is 14.8. The Balaban J connectivity index is 1.44. The molecular weight excluding hydrogens is 369 g/mol. The van der Waals surface area contributed by atoms with Gasteiger partial charge in [0.2, 0.25) is 5.91 Å². The van der Waals surface area contributed by atoms with Gasteiger partial charge >= 0.3 is 0 Å².